The molecule has 1 aliphatic rings. The van der Waals surface area contributed by atoms with Crippen molar-refractivity contribution in [2.75, 3.05) is 37.9 Å². The molecule has 0 radical (unpaired) electrons. The molecule has 1 amide bonds. The summed E-state index contributed by atoms with van der Waals surface area (Å²) < 4.78 is 5.68. The number of anilines is 2. The molecule has 0 bridgehead atoms. The highest BCUT2D eigenvalue weighted by atomic mass is 16.5. The van der Waals surface area contributed by atoms with Gasteiger partial charge in [0, 0.05) is 32.4 Å². The minimum atomic E-state index is -0.0809. The first-order chi connectivity index (χ1) is 10.0. The van der Waals surface area contributed by atoms with E-state index in [9.17, 15) is 4.79 Å². The van der Waals surface area contributed by atoms with Crippen molar-refractivity contribution in [1.29, 1.82) is 0 Å². The van der Waals surface area contributed by atoms with Gasteiger partial charge >= 0.3 is 0 Å². The van der Waals surface area contributed by atoms with E-state index in [0.717, 1.165) is 31.5 Å². The van der Waals surface area contributed by atoms with Gasteiger partial charge in [-0.1, -0.05) is 6.92 Å². The zero-order valence-electron chi connectivity index (χ0n) is 13.1. The maximum absolute atomic E-state index is 12.3. The molecule has 0 saturated carbocycles. The molecule has 116 valence electrons. The molecule has 0 aliphatic carbocycles. The molecule has 1 fully saturated rings. The Morgan fingerprint density at radius 1 is 1.48 bits per heavy atom. The highest BCUT2D eigenvalue weighted by molar-refractivity contribution is 5.85. The van der Waals surface area contributed by atoms with Gasteiger partial charge in [-0.2, -0.15) is 0 Å². The van der Waals surface area contributed by atoms with Crippen LogP contribution in [0.2, 0.25) is 0 Å². The molecule has 5 heteroatoms. The lowest BCUT2D eigenvalue weighted by molar-refractivity contribution is -0.129. The van der Waals surface area contributed by atoms with Gasteiger partial charge in [0.15, 0.2) is 0 Å². The van der Waals surface area contributed by atoms with E-state index in [4.69, 9.17) is 10.5 Å². The molecule has 0 aromatic heterocycles. The van der Waals surface area contributed by atoms with Gasteiger partial charge in [0.05, 0.1) is 12.3 Å². The highest BCUT2D eigenvalue weighted by Gasteiger charge is 2.32. The Bertz CT molecular complexity index is 502. The number of likely N-dealkylation sites (N-methyl/N-ethyl adjacent to an activating group) is 1. The Balaban J connectivity index is 2.22. The van der Waals surface area contributed by atoms with Crippen molar-refractivity contribution >= 4 is 17.3 Å². The van der Waals surface area contributed by atoms with Crippen molar-refractivity contribution in [2.45, 2.75) is 32.2 Å². The number of amides is 1. The molecule has 2 N–H and O–H groups in total. The fourth-order valence-electron chi connectivity index (χ4n) is 2.67. The van der Waals surface area contributed by atoms with E-state index >= 15 is 0 Å². The lowest BCUT2D eigenvalue weighted by atomic mass is 10.1. The predicted molar refractivity (Wildman–Crippen MR) is 85.7 cm³/mol. The predicted octanol–water partition coefficient (Wildman–Crippen LogP) is 2.11. The molecular weight excluding hydrogens is 266 g/mol. The first kappa shape index (κ1) is 15.5. The van der Waals surface area contributed by atoms with Crippen LogP contribution in [0.15, 0.2) is 18.2 Å². The summed E-state index contributed by atoms with van der Waals surface area (Å²) >= 11 is 0. The second-order valence-corrected chi connectivity index (χ2v) is 5.65. The van der Waals surface area contributed by atoms with Crippen molar-refractivity contribution in [3.05, 3.63) is 18.2 Å². The van der Waals surface area contributed by atoms with Gasteiger partial charge in [0.25, 0.3) is 0 Å². The molecule has 1 aromatic rings. The summed E-state index contributed by atoms with van der Waals surface area (Å²) in [6.45, 7) is 3.60. The maximum Gasteiger partial charge on any atom is 0.244 e. The van der Waals surface area contributed by atoms with Crippen molar-refractivity contribution in [2.24, 2.45) is 0 Å². The van der Waals surface area contributed by atoms with Crippen LogP contribution in [-0.2, 0) is 4.79 Å². The molecule has 21 heavy (non-hydrogen) atoms. The van der Waals surface area contributed by atoms with Gasteiger partial charge in [-0.05, 0) is 31.4 Å². The van der Waals surface area contributed by atoms with E-state index in [-0.39, 0.29) is 11.9 Å². The number of benzene rings is 1. The third-order valence-electron chi connectivity index (χ3n) is 3.77. The third-order valence-corrected chi connectivity index (χ3v) is 3.77. The lowest BCUT2D eigenvalue weighted by Gasteiger charge is -2.28. The summed E-state index contributed by atoms with van der Waals surface area (Å²) in [7, 11) is 3.61. The third kappa shape index (κ3) is 3.40. The van der Waals surface area contributed by atoms with Crippen LogP contribution in [0.3, 0.4) is 0 Å². The molecule has 5 nitrogen and oxygen atoms in total. The van der Waals surface area contributed by atoms with Gasteiger partial charge in [-0.3, -0.25) is 4.79 Å². The summed E-state index contributed by atoms with van der Waals surface area (Å²) in [6, 6.07) is 5.69. The van der Waals surface area contributed by atoms with Crippen LogP contribution < -0.4 is 15.4 Å². The average Bonchev–Trinajstić information content (AvgIpc) is 2.94. The number of hydrogen-bond donors (Lipinski definition) is 1. The summed E-state index contributed by atoms with van der Waals surface area (Å²) in [5.41, 5.74) is 7.60. The number of nitrogens with zero attached hydrogens (tertiary/aromatic N) is 2. The topological polar surface area (TPSA) is 58.8 Å². The van der Waals surface area contributed by atoms with Crippen LogP contribution in [0.5, 0.6) is 5.75 Å². The van der Waals surface area contributed by atoms with Crippen molar-refractivity contribution in [1.82, 2.24) is 4.90 Å². The normalized spacial score (nSPS) is 17.9. The van der Waals surface area contributed by atoms with Crippen LogP contribution in [-0.4, -0.2) is 44.1 Å². The highest BCUT2D eigenvalue weighted by Crippen LogP contribution is 2.32. The standard InChI is InChI=1S/C16H25N3O2/c1-4-10-21-15-11-12(7-8-13(15)17)19-9-5-6-14(19)16(20)18(2)3/h7-8,11,14H,4-6,9-10,17H2,1-3H3. The van der Waals surface area contributed by atoms with Gasteiger partial charge < -0.3 is 20.3 Å². The van der Waals surface area contributed by atoms with E-state index in [0.29, 0.717) is 18.0 Å². The molecule has 1 saturated heterocycles. The van der Waals surface area contributed by atoms with Gasteiger partial charge in [0.1, 0.15) is 11.8 Å². The van der Waals surface area contributed by atoms with Crippen LogP contribution >= 0.6 is 0 Å². The first-order valence-electron chi connectivity index (χ1n) is 7.54. The van der Waals surface area contributed by atoms with E-state index in [1.54, 1.807) is 19.0 Å². The summed E-state index contributed by atoms with van der Waals surface area (Å²) in [5.74, 6) is 0.859. The lowest BCUT2D eigenvalue weighted by Crippen LogP contribution is -2.42. The average molecular weight is 291 g/mol. The first-order valence-corrected chi connectivity index (χ1v) is 7.54. The Kier molecular flexibility index (Phi) is 4.94. The Morgan fingerprint density at radius 3 is 2.90 bits per heavy atom. The van der Waals surface area contributed by atoms with E-state index < -0.39 is 0 Å². The number of nitrogens with two attached hydrogens (primary N) is 1. The number of rotatable bonds is 5. The van der Waals surface area contributed by atoms with E-state index in [1.165, 1.54) is 0 Å². The van der Waals surface area contributed by atoms with Crippen LogP contribution in [0.4, 0.5) is 11.4 Å². The van der Waals surface area contributed by atoms with Crippen molar-refractivity contribution in [3.63, 3.8) is 0 Å². The number of hydrogen-bond acceptors (Lipinski definition) is 4. The molecule has 0 spiro atoms. The monoisotopic (exact) mass is 291 g/mol. The number of ether oxygens (including phenoxy) is 1. The Morgan fingerprint density at radius 2 is 2.24 bits per heavy atom. The smallest absolute Gasteiger partial charge is 0.244 e. The minimum absolute atomic E-state index is 0.0809. The zero-order chi connectivity index (χ0) is 15.4. The number of carbonyl (C=O) groups excluding carboxylic acids is 1. The molecular formula is C16H25N3O2. The SMILES string of the molecule is CCCOc1cc(N2CCCC2C(=O)N(C)C)ccc1N. The second-order valence-electron chi connectivity index (χ2n) is 5.65. The number of nitrogen functional groups attached to an aromatic ring is 1. The Hall–Kier alpha value is -1.91. The van der Waals surface area contributed by atoms with Crippen molar-refractivity contribution < 1.29 is 9.53 Å². The quantitative estimate of drug-likeness (QED) is 0.844. The summed E-state index contributed by atoms with van der Waals surface area (Å²) in [4.78, 5) is 16.1. The zero-order valence-corrected chi connectivity index (χ0v) is 13.1. The van der Waals surface area contributed by atoms with Crippen molar-refractivity contribution in [3.8, 4) is 5.75 Å². The van der Waals surface area contributed by atoms with Crippen LogP contribution in [0.1, 0.15) is 26.2 Å². The minimum Gasteiger partial charge on any atom is -0.491 e. The van der Waals surface area contributed by atoms with E-state index in [2.05, 4.69) is 11.8 Å². The molecule has 1 atom stereocenters. The summed E-state index contributed by atoms with van der Waals surface area (Å²) in [5, 5.41) is 0. The van der Waals surface area contributed by atoms with Crippen LogP contribution in [0, 0.1) is 0 Å². The van der Waals surface area contributed by atoms with E-state index in [1.807, 2.05) is 18.2 Å². The molecule has 2 rings (SSSR count). The number of carbonyl (C=O) groups is 1. The fourth-order valence-corrected chi connectivity index (χ4v) is 2.67. The van der Waals surface area contributed by atoms with Gasteiger partial charge in [0.2, 0.25) is 5.91 Å². The molecule has 1 aromatic carbocycles. The van der Waals surface area contributed by atoms with Crippen LogP contribution in [0.25, 0.3) is 0 Å². The van der Waals surface area contributed by atoms with Gasteiger partial charge in [-0.25, -0.2) is 0 Å². The fraction of sp³-hybridized carbons (Fsp3) is 0.562. The second kappa shape index (κ2) is 6.70. The largest absolute Gasteiger partial charge is 0.491 e. The van der Waals surface area contributed by atoms with Gasteiger partial charge in [-0.15, -0.1) is 0 Å². The molecule has 1 heterocycles. The molecule has 1 aliphatic heterocycles. The summed E-state index contributed by atoms with van der Waals surface area (Å²) in [6.07, 6.45) is 2.86. The molecule has 1 unspecified atom stereocenters. The Labute approximate surface area is 126 Å². The maximum atomic E-state index is 12.3.